The van der Waals surface area contributed by atoms with Crippen molar-refractivity contribution in [2.45, 2.75) is 74.0 Å². The number of hydrogen-bond donors (Lipinski definition) is 0. The Balaban J connectivity index is 0.000000108. The predicted molar refractivity (Wildman–Crippen MR) is 199 cm³/mol. The second-order valence-corrected chi connectivity index (χ2v) is 18.0. The molecule has 0 N–H and O–H groups in total. The molecule has 6 aliphatic rings. The maximum absolute atomic E-state index is 3.56. The van der Waals surface area contributed by atoms with E-state index < -0.39 is 0 Å². The normalized spacial score (nSPS) is 30.0. The number of aryl methyl sites for hydroxylation is 3. The molecule has 240 valence electrons. The summed E-state index contributed by atoms with van der Waals surface area (Å²) in [5.41, 5.74) is 11.0. The van der Waals surface area contributed by atoms with E-state index in [9.17, 15) is 0 Å². The molecule has 3 fully saturated rings. The minimum absolute atomic E-state index is 0.491. The fourth-order valence-electron chi connectivity index (χ4n) is 9.90. The topological polar surface area (TPSA) is 9.72 Å². The van der Waals surface area contributed by atoms with Crippen LogP contribution in [0.25, 0.3) is 0 Å². The largest absolute Gasteiger partial charge is 0.305 e. The van der Waals surface area contributed by atoms with E-state index >= 15 is 0 Å². The van der Waals surface area contributed by atoms with Crippen LogP contribution in [0.5, 0.6) is 0 Å². The van der Waals surface area contributed by atoms with Gasteiger partial charge < -0.3 is 14.7 Å². The minimum atomic E-state index is 0.491. The van der Waals surface area contributed by atoms with E-state index in [-0.39, 0.29) is 0 Å². The van der Waals surface area contributed by atoms with Crippen LogP contribution in [-0.4, -0.2) is 75.1 Å². The molecule has 3 aliphatic heterocycles. The quantitative estimate of drug-likeness (QED) is 0.225. The Morgan fingerprint density at radius 3 is 0.978 bits per heavy atom. The number of nitrogens with zero attached hydrogens (tertiary/aromatic N) is 3. The molecular weight excluding hydrogens is 750 g/mol. The van der Waals surface area contributed by atoms with Crippen LogP contribution in [0.1, 0.15) is 71.9 Å². The van der Waals surface area contributed by atoms with Crippen molar-refractivity contribution >= 4 is 47.8 Å². The van der Waals surface area contributed by atoms with E-state index in [0.29, 0.717) is 16.2 Å². The lowest BCUT2D eigenvalue weighted by molar-refractivity contribution is 0.366. The van der Waals surface area contributed by atoms with Crippen molar-refractivity contribution in [1.29, 1.82) is 0 Å². The Hall–Kier alpha value is -1.02. The molecule has 3 saturated heterocycles. The van der Waals surface area contributed by atoms with Crippen molar-refractivity contribution in [3.05, 3.63) is 101 Å². The van der Waals surface area contributed by atoms with E-state index in [2.05, 4.69) is 138 Å². The third-order valence-electron chi connectivity index (χ3n) is 12.2. The summed E-state index contributed by atoms with van der Waals surface area (Å²) in [6.07, 6.45) is 11.9. The Morgan fingerprint density at radius 2 is 0.733 bits per heavy atom. The lowest BCUT2D eigenvalue weighted by atomic mass is 9.81. The van der Waals surface area contributed by atoms with Crippen molar-refractivity contribution < 1.29 is 0 Å². The van der Waals surface area contributed by atoms with Gasteiger partial charge in [-0.1, -0.05) is 66.0 Å². The van der Waals surface area contributed by atoms with Gasteiger partial charge in [0, 0.05) is 49.3 Å². The number of rotatable bonds is 0. The monoisotopic (exact) mass is 795 g/mol. The van der Waals surface area contributed by atoms with Gasteiger partial charge in [-0.3, -0.25) is 0 Å². The van der Waals surface area contributed by atoms with Crippen LogP contribution in [0.4, 0.5) is 0 Å². The van der Waals surface area contributed by atoms with E-state index in [1.54, 1.807) is 33.4 Å². The number of hydrogen-bond acceptors (Lipinski definition) is 3. The number of fused-ring (bicyclic) bond motifs is 6. The SMILES string of the molecule is CN1CCC2(CCc3cc(Br)ccc32)C1.CN1CC[C@@]2(CCc3cc(Br)ccc32)C1.CN1CC[C@]2(CCc3cc(Br)ccc32)C1. The molecule has 6 heteroatoms. The third-order valence-corrected chi connectivity index (χ3v) is 13.6. The van der Waals surface area contributed by atoms with Crippen molar-refractivity contribution in [2.75, 3.05) is 60.4 Å². The van der Waals surface area contributed by atoms with E-state index in [4.69, 9.17) is 0 Å². The molecule has 3 aliphatic carbocycles. The Labute approximate surface area is 296 Å². The van der Waals surface area contributed by atoms with Gasteiger partial charge in [0.15, 0.2) is 0 Å². The number of halogens is 3. The third kappa shape index (κ3) is 6.31. The Kier molecular flexibility index (Phi) is 9.24. The molecule has 45 heavy (non-hydrogen) atoms. The molecule has 3 spiro atoms. The summed E-state index contributed by atoms with van der Waals surface area (Å²) in [6, 6.07) is 20.5. The molecule has 0 bridgehead atoms. The fraction of sp³-hybridized carbons (Fsp3) is 0.538. The van der Waals surface area contributed by atoms with Crippen LogP contribution >= 0.6 is 47.8 Å². The first kappa shape index (κ1) is 32.5. The molecule has 0 amide bonds. The molecule has 3 aromatic carbocycles. The first-order valence-electron chi connectivity index (χ1n) is 17.0. The molecule has 9 rings (SSSR count). The minimum Gasteiger partial charge on any atom is -0.305 e. The smallest absolute Gasteiger partial charge is 0.0178 e. The molecule has 3 nitrogen and oxygen atoms in total. The highest BCUT2D eigenvalue weighted by atomic mass is 79.9. The summed E-state index contributed by atoms with van der Waals surface area (Å²) in [5.74, 6) is 0. The van der Waals surface area contributed by atoms with Gasteiger partial charge >= 0.3 is 0 Å². The second kappa shape index (κ2) is 12.8. The van der Waals surface area contributed by atoms with Gasteiger partial charge in [0.2, 0.25) is 0 Å². The molecule has 3 atom stereocenters. The number of benzene rings is 3. The first-order chi connectivity index (χ1) is 21.6. The zero-order chi connectivity index (χ0) is 31.4. The summed E-state index contributed by atoms with van der Waals surface area (Å²) in [6.45, 7) is 7.53. The number of likely N-dealkylation sites (N-methyl/N-ethyl adjacent to an activating group) is 3. The summed E-state index contributed by atoms with van der Waals surface area (Å²) < 4.78 is 3.68. The molecule has 3 heterocycles. The van der Waals surface area contributed by atoms with Crippen LogP contribution in [0, 0.1) is 0 Å². The highest BCUT2D eigenvalue weighted by Gasteiger charge is 2.44. The Morgan fingerprint density at radius 1 is 0.444 bits per heavy atom. The summed E-state index contributed by atoms with van der Waals surface area (Å²) in [5, 5.41) is 0. The zero-order valence-electron chi connectivity index (χ0n) is 27.3. The van der Waals surface area contributed by atoms with Crippen molar-refractivity contribution in [2.24, 2.45) is 0 Å². The second-order valence-electron chi connectivity index (χ2n) is 15.2. The van der Waals surface area contributed by atoms with Gasteiger partial charge in [-0.05, 0) is 168 Å². The van der Waals surface area contributed by atoms with Gasteiger partial charge in [0.1, 0.15) is 0 Å². The van der Waals surface area contributed by atoms with Crippen molar-refractivity contribution in [3.8, 4) is 0 Å². The Bertz CT molecular complexity index is 1390. The molecule has 1 unspecified atom stereocenters. The highest BCUT2D eigenvalue weighted by molar-refractivity contribution is 9.11. The van der Waals surface area contributed by atoms with E-state index in [1.165, 1.54) is 110 Å². The van der Waals surface area contributed by atoms with E-state index in [0.717, 1.165) is 0 Å². The fourth-order valence-corrected chi connectivity index (χ4v) is 11.1. The van der Waals surface area contributed by atoms with Gasteiger partial charge in [0.05, 0.1) is 0 Å². The summed E-state index contributed by atoms with van der Waals surface area (Å²) >= 11 is 10.7. The van der Waals surface area contributed by atoms with Crippen LogP contribution in [0.2, 0.25) is 0 Å². The van der Waals surface area contributed by atoms with Crippen LogP contribution in [-0.2, 0) is 35.5 Å². The van der Waals surface area contributed by atoms with Gasteiger partial charge in [-0.25, -0.2) is 0 Å². The van der Waals surface area contributed by atoms with Crippen molar-refractivity contribution in [1.82, 2.24) is 14.7 Å². The average molecular weight is 799 g/mol. The molecule has 0 saturated carbocycles. The molecule has 0 aromatic heterocycles. The lowest BCUT2D eigenvalue weighted by Gasteiger charge is -2.24. The first-order valence-corrected chi connectivity index (χ1v) is 19.4. The number of likely N-dealkylation sites (tertiary alicyclic amines) is 3. The average Bonchev–Trinajstić information content (AvgIpc) is 3.86. The summed E-state index contributed by atoms with van der Waals surface area (Å²) in [4.78, 5) is 7.41. The maximum atomic E-state index is 3.56. The maximum Gasteiger partial charge on any atom is 0.0178 e. The lowest BCUT2D eigenvalue weighted by Crippen LogP contribution is -2.26. The molecule has 0 radical (unpaired) electrons. The van der Waals surface area contributed by atoms with Gasteiger partial charge in [-0.2, -0.15) is 0 Å². The standard InChI is InChI=1S/3C13H16BrN/c3*1-15-7-6-13(9-15)5-4-10-8-11(14)2-3-12(10)13/h3*2-3,8H,4-7,9H2,1H3/t2*13-;/m10./s1. The van der Waals surface area contributed by atoms with Gasteiger partial charge in [-0.15, -0.1) is 0 Å². The van der Waals surface area contributed by atoms with Crippen LogP contribution in [0.15, 0.2) is 68.0 Å². The van der Waals surface area contributed by atoms with Crippen LogP contribution in [0.3, 0.4) is 0 Å². The summed E-state index contributed by atoms with van der Waals surface area (Å²) in [7, 11) is 6.72. The molecular formula is C39H48Br3N3. The van der Waals surface area contributed by atoms with Crippen molar-refractivity contribution in [3.63, 3.8) is 0 Å². The van der Waals surface area contributed by atoms with Gasteiger partial charge in [0.25, 0.3) is 0 Å². The van der Waals surface area contributed by atoms with Crippen LogP contribution < -0.4 is 0 Å². The van der Waals surface area contributed by atoms with E-state index in [1.807, 2.05) is 0 Å². The highest BCUT2D eigenvalue weighted by Crippen LogP contribution is 2.48. The zero-order valence-corrected chi connectivity index (χ0v) is 32.0. The molecule has 3 aromatic rings. The predicted octanol–water partition coefficient (Wildman–Crippen LogP) is 8.91.